The number of fused-ring (bicyclic) bond motifs is 1. The van der Waals surface area contributed by atoms with E-state index in [-0.39, 0.29) is 5.82 Å². The van der Waals surface area contributed by atoms with Crippen molar-refractivity contribution < 1.29 is 4.39 Å². The van der Waals surface area contributed by atoms with Crippen LogP contribution in [0.3, 0.4) is 0 Å². The largest absolute Gasteiger partial charge is 0.366 e. The van der Waals surface area contributed by atoms with Gasteiger partial charge in [0.2, 0.25) is 10.1 Å². The van der Waals surface area contributed by atoms with E-state index in [0.717, 1.165) is 42.0 Å². The summed E-state index contributed by atoms with van der Waals surface area (Å²) in [5.41, 5.74) is 1.67. The summed E-state index contributed by atoms with van der Waals surface area (Å²) in [7, 11) is 0. The molecule has 4 rings (SSSR count). The van der Waals surface area contributed by atoms with E-state index in [9.17, 15) is 4.39 Å². The van der Waals surface area contributed by atoms with Crippen molar-refractivity contribution in [3.05, 3.63) is 42.0 Å². The Morgan fingerprint density at radius 2 is 1.82 bits per heavy atom. The summed E-state index contributed by atoms with van der Waals surface area (Å²) in [6.07, 6.45) is 1.94. The van der Waals surface area contributed by atoms with Crippen molar-refractivity contribution in [1.82, 2.24) is 14.6 Å². The highest BCUT2D eigenvalue weighted by atomic mass is 32.1. The molecule has 3 aromatic rings. The first-order valence-electron chi connectivity index (χ1n) is 7.28. The van der Waals surface area contributed by atoms with Crippen molar-refractivity contribution in [2.45, 2.75) is 6.92 Å². The number of nitrogens with zero attached hydrogens (tertiary/aromatic N) is 5. The fraction of sp³-hybridized carbons (Fsp3) is 0.333. The van der Waals surface area contributed by atoms with Crippen LogP contribution < -0.4 is 9.80 Å². The summed E-state index contributed by atoms with van der Waals surface area (Å²) in [5, 5.41) is 5.56. The highest BCUT2D eigenvalue weighted by Crippen LogP contribution is 2.26. The van der Waals surface area contributed by atoms with Gasteiger partial charge in [0.05, 0.1) is 17.6 Å². The molecule has 1 saturated heterocycles. The summed E-state index contributed by atoms with van der Waals surface area (Å²) in [6.45, 7) is 5.23. The zero-order chi connectivity index (χ0) is 15.1. The lowest BCUT2D eigenvalue weighted by molar-refractivity contribution is 0.596. The minimum Gasteiger partial charge on any atom is -0.366 e. The summed E-state index contributed by atoms with van der Waals surface area (Å²) < 4.78 is 15.7. The molecule has 1 aliphatic rings. The molecule has 0 unspecified atom stereocenters. The third-order valence-electron chi connectivity index (χ3n) is 3.90. The lowest BCUT2D eigenvalue weighted by Gasteiger charge is -2.35. The lowest BCUT2D eigenvalue weighted by atomic mass is 10.2. The quantitative estimate of drug-likeness (QED) is 0.728. The number of halogens is 1. The average Bonchev–Trinajstić information content (AvgIpc) is 3.05. The first kappa shape index (κ1) is 13.5. The van der Waals surface area contributed by atoms with Crippen LogP contribution in [0, 0.1) is 12.7 Å². The fourth-order valence-electron chi connectivity index (χ4n) is 2.77. The van der Waals surface area contributed by atoms with Crippen LogP contribution in [-0.4, -0.2) is 40.8 Å². The SMILES string of the molecule is Cc1cn2nc(N3CCN(c4ccccc4F)CC3)sc2n1. The van der Waals surface area contributed by atoms with Gasteiger partial charge in [-0.05, 0) is 19.1 Å². The molecule has 0 bridgehead atoms. The molecule has 0 atom stereocenters. The molecule has 2 aromatic heterocycles. The van der Waals surface area contributed by atoms with Crippen molar-refractivity contribution >= 4 is 27.1 Å². The summed E-state index contributed by atoms with van der Waals surface area (Å²) in [6, 6.07) is 6.95. The van der Waals surface area contributed by atoms with E-state index in [0.29, 0.717) is 5.69 Å². The zero-order valence-electron chi connectivity index (χ0n) is 12.2. The Bertz CT molecular complexity index is 772. The maximum Gasteiger partial charge on any atom is 0.214 e. The third-order valence-corrected chi connectivity index (χ3v) is 4.88. The number of benzene rings is 1. The molecule has 1 aromatic carbocycles. The summed E-state index contributed by atoms with van der Waals surface area (Å²) in [4.78, 5) is 9.69. The number of hydrogen-bond acceptors (Lipinski definition) is 5. The highest BCUT2D eigenvalue weighted by Gasteiger charge is 2.22. The topological polar surface area (TPSA) is 36.7 Å². The van der Waals surface area contributed by atoms with E-state index in [4.69, 9.17) is 0 Å². The molecule has 0 amide bonds. The number of anilines is 2. The van der Waals surface area contributed by atoms with Crippen LogP contribution in [-0.2, 0) is 0 Å². The van der Waals surface area contributed by atoms with Crippen LogP contribution in [0.15, 0.2) is 30.5 Å². The maximum absolute atomic E-state index is 13.9. The first-order chi connectivity index (χ1) is 10.7. The smallest absolute Gasteiger partial charge is 0.214 e. The predicted octanol–water partition coefficient (Wildman–Crippen LogP) is 2.56. The molecule has 0 saturated carbocycles. The van der Waals surface area contributed by atoms with Gasteiger partial charge in [-0.2, -0.15) is 0 Å². The molecule has 0 aliphatic carbocycles. The van der Waals surface area contributed by atoms with E-state index in [1.165, 1.54) is 6.07 Å². The standard InChI is InChI=1S/C15H16FN5S/c1-11-10-21-14(17-11)22-15(18-21)20-8-6-19(7-9-20)13-5-3-2-4-12(13)16/h2-5,10H,6-9H2,1H3. The second kappa shape index (κ2) is 5.24. The fourth-order valence-corrected chi connectivity index (χ4v) is 3.75. The molecule has 0 N–H and O–H groups in total. The third kappa shape index (κ3) is 2.31. The van der Waals surface area contributed by atoms with Crippen LogP contribution in [0.2, 0.25) is 0 Å². The van der Waals surface area contributed by atoms with E-state index >= 15 is 0 Å². The van der Waals surface area contributed by atoms with Gasteiger partial charge in [0, 0.05) is 26.2 Å². The minimum atomic E-state index is -0.154. The molecule has 1 fully saturated rings. The Morgan fingerprint density at radius 3 is 2.55 bits per heavy atom. The number of rotatable bonds is 2. The van der Waals surface area contributed by atoms with Crippen LogP contribution in [0.5, 0.6) is 0 Å². The average molecular weight is 317 g/mol. The van der Waals surface area contributed by atoms with Gasteiger partial charge in [0.25, 0.3) is 0 Å². The van der Waals surface area contributed by atoms with Crippen LogP contribution in [0.4, 0.5) is 15.2 Å². The van der Waals surface area contributed by atoms with Crippen molar-refractivity contribution in [2.24, 2.45) is 0 Å². The summed E-state index contributed by atoms with van der Waals surface area (Å²) in [5.74, 6) is -0.154. The Morgan fingerprint density at radius 1 is 1.09 bits per heavy atom. The molecule has 5 nitrogen and oxygen atoms in total. The van der Waals surface area contributed by atoms with Crippen molar-refractivity contribution in [2.75, 3.05) is 36.0 Å². The molecular formula is C15H16FN5S. The molecule has 0 radical (unpaired) electrons. The first-order valence-corrected chi connectivity index (χ1v) is 8.09. The molecule has 22 heavy (non-hydrogen) atoms. The number of aryl methyl sites for hydroxylation is 1. The van der Waals surface area contributed by atoms with Gasteiger partial charge >= 0.3 is 0 Å². The lowest BCUT2D eigenvalue weighted by Crippen LogP contribution is -2.46. The van der Waals surface area contributed by atoms with E-state index in [1.54, 1.807) is 17.4 Å². The van der Waals surface area contributed by atoms with Crippen molar-refractivity contribution in [3.63, 3.8) is 0 Å². The maximum atomic E-state index is 13.9. The van der Waals surface area contributed by atoms with Crippen molar-refractivity contribution in [3.8, 4) is 0 Å². The van der Waals surface area contributed by atoms with Crippen molar-refractivity contribution in [1.29, 1.82) is 0 Å². The van der Waals surface area contributed by atoms with Gasteiger partial charge in [0.15, 0.2) is 0 Å². The molecule has 1 aliphatic heterocycles. The van der Waals surface area contributed by atoms with Crippen LogP contribution >= 0.6 is 11.3 Å². The van der Waals surface area contributed by atoms with Crippen LogP contribution in [0.1, 0.15) is 5.69 Å². The molecular weight excluding hydrogens is 301 g/mol. The van der Waals surface area contributed by atoms with E-state index in [2.05, 4.69) is 19.9 Å². The Kier molecular flexibility index (Phi) is 3.22. The molecule has 7 heteroatoms. The second-order valence-corrected chi connectivity index (χ2v) is 6.35. The monoisotopic (exact) mass is 317 g/mol. The van der Waals surface area contributed by atoms with Gasteiger partial charge in [-0.3, -0.25) is 0 Å². The normalized spacial score (nSPS) is 15.7. The van der Waals surface area contributed by atoms with Crippen LogP contribution in [0.25, 0.3) is 4.96 Å². The van der Waals surface area contributed by atoms with Gasteiger partial charge in [-0.25, -0.2) is 13.9 Å². The minimum absolute atomic E-state index is 0.154. The number of aromatic nitrogens is 3. The van der Waals surface area contributed by atoms with E-state index in [1.807, 2.05) is 29.8 Å². The highest BCUT2D eigenvalue weighted by molar-refractivity contribution is 7.20. The molecule has 114 valence electrons. The number of imidazole rings is 1. The van der Waals surface area contributed by atoms with E-state index < -0.39 is 0 Å². The second-order valence-electron chi connectivity index (χ2n) is 5.42. The van der Waals surface area contributed by atoms with Gasteiger partial charge in [0.1, 0.15) is 5.82 Å². The number of para-hydroxylation sites is 1. The Labute approximate surface area is 131 Å². The molecule has 0 spiro atoms. The Hall–Kier alpha value is -2.15. The predicted molar refractivity (Wildman–Crippen MR) is 86.4 cm³/mol. The number of hydrogen-bond donors (Lipinski definition) is 0. The summed E-state index contributed by atoms with van der Waals surface area (Å²) >= 11 is 1.60. The van der Waals surface area contributed by atoms with Gasteiger partial charge in [-0.1, -0.05) is 23.5 Å². The van der Waals surface area contributed by atoms with Gasteiger partial charge < -0.3 is 9.80 Å². The zero-order valence-corrected chi connectivity index (χ0v) is 13.1. The Balaban J connectivity index is 1.49. The van der Waals surface area contributed by atoms with Gasteiger partial charge in [-0.15, -0.1) is 5.10 Å². The molecule has 3 heterocycles. The number of piperazine rings is 1.